The Hall–Kier alpha value is -0.300. The Bertz CT molecular complexity index is 93.0. The Morgan fingerprint density at radius 3 is 2.00 bits per heavy atom. The van der Waals surface area contributed by atoms with Crippen LogP contribution in [-0.4, -0.2) is 25.5 Å². The van der Waals surface area contributed by atoms with Crippen LogP contribution in [0.15, 0.2) is 11.6 Å². The van der Waals surface area contributed by atoms with E-state index in [0.29, 0.717) is 0 Å². The van der Waals surface area contributed by atoms with Gasteiger partial charge < -0.3 is 4.90 Å². The summed E-state index contributed by atoms with van der Waals surface area (Å²) in [4.78, 5) is 2.20. The minimum absolute atomic E-state index is 1.16. The molecule has 0 rings (SSSR count). The first-order valence-electron chi connectivity index (χ1n) is 4.43. The smallest absolute Gasteiger partial charge is 0.00124 e. The van der Waals surface area contributed by atoms with Gasteiger partial charge in [-0.15, -0.1) is 0 Å². The number of hydrogen-bond donors (Lipinski definition) is 0. The summed E-state index contributed by atoms with van der Waals surface area (Å²) in [6.45, 7) is 9.42. The molecule has 0 aliphatic heterocycles. The van der Waals surface area contributed by atoms with Crippen LogP contribution in [0.2, 0.25) is 0 Å². The summed E-state index contributed by atoms with van der Waals surface area (Å²) in [6.07, 6.45) is 3.37. The molecule has 0 radical (unpaired) electrons. The van der Waals surface area contributed by atoms with E-state index in [1.807, 2.05) is 13.8 Å². The van der Waals surface area contributed by atoms with E-state index in [0.717, 1.165) is 6.54 Å². The van der Waals surface area contributed by atoms with Crippen molar-refractivity contribution in [1.29, 1.82) is 0 Å². The Labute approximate surface area is 72.1 Å². The fourth-order valence-electron chi connectivity index (χ4n) is 0.544. The topological polar surface area (TPSA) is 3.24 Å². The summed E-state index contributed by atoms with van der Waals surface area (Å²) in [6, 6.07) is 0. The van der Waals surface area contributed by atoms with Crippen LogP contribution in [-0.2, 0) is 0 Å². The highest BCUT2D eigenvalue weighted by atomic mass is 15.0. The molecule has 0 aliphatic carbocycles. The molecule has 1 nitrogen and oxygen atoms in total. The predicted octanol–water partition coefficient (Wildman–Crippen LogP) is 2.93. The van der Waals surface area contributed by atoms with Crippen molar-refractivity contribution in [3.8, 4) is 0 Å². The van der Waals surface area contributed by atoms with Crippen LogP contribution in [0.4, 0.5) is 0 Å². The van der Waals surface area contributed by atoms with E-state index in [2.05, 4.69) is 38.9 Å². The number of allylic oxidation sites excluding steroid dienone is 1. The molecule has 0 spiro atoms. The van der Waals surface area contributed by atoms with E-state index in [1.165, 1.54) is 12.0 Å². The molecule has 0 unspecified atom stereocenters. The standard InChI is InChI=1S/C8H17N.C2H6/c1-5-8(2)6-7-9(3)4;1-2/h5H,6-7H2,1-4H3;1-2H3/b8-5-;. The Kier molecular flexibility index (Phi) is 11.7. The van der Waals surface area contributed by atoms with Gasteiger partial charge in [-0.3, -0.25) is 0 Å². The molecule has 0 aromatic carbocycles. The second-order valence-corrected chi connectivity index (χ2v) is 2.69. The van der Waals surface area contributed by atoms with Crippen molar-refractivity contribution in [2.75, 3.05) is 20.6 Å². The van der Waals surface area contributed by atoms with E-state index in [9.17, 15) is 0 Å². The minimum atomic E-state index is 1.16. The zero-order chi connectivity index (χ0) is 9.28. The van der Waals surface area contributed by atoms with Crippen LogP contribution in [0, 0.1) is 0 Å². The van der Waals surface area contributed by atoms with E-state index in [1.54, 1.807) is 0 Å². The van der Waals surface area contributed by atoms with Crippen molar-refractivity contribution < 1.29 is 0 Å². The number of hydrogen-bond acceptors (Lipinski definition) is 1. The molecule has 0 amide bonds. The third-order valence-electron chi connectivity index (χ3n) is 1.45. The summed E-state index contributed by atoms with van der Waals surface area (Å²) in [5.41, 5.74) is 1.48. The molecule has 0 aliphatic rings. The first-order chi connectivity index (χ1) is 5.16. The van der Waals surface area contributed by atoms with Gasteiger partial charge in [-0.1, -0.05) is 25.5 Å². The summed E-state index contributed by atoms with van der Waals surface area (Å²) in [5.74, 6) is 0. The zero-order valence-electron chi connectivity index (χ0n) is 8.94. The first-order valence-corrected chi connectivity index (χ1v) is 4.43. The van der Waals surface area contributed by atoms with Gasteiger partial charge in [-0.2, -0.15) is 0 Å². The lowest BCUT2D eigenvalue weighted by Crippen LogP contribution is -2.12. The van der Waals surface area contributed by atoms with Crippen molar-refractivity contribution in [1.82, 2.24) is 4.90 Å². The number of rotatable bonds is 3. The largest absolute Gasteiger partial charge is 0.309 e. The van der Waals surface area contributed by atoms with Gasteiger partial charge in [0.2, 0.25) is 0 Å². The second-order valence-electron chi connectivity index (χ2n) is 2.69. The summed E-state index contributed by atoms with van der Waals surface area (Å²) in [7, 11) is 4.20. The summed E-state index contributed by atoms with van der Waals surface area (Å²) >= 11 is 0. The molecule has 0 saturated carbocycles. The lowest BCUT2D eigenvalue weighted by molar-refractivity contribution is 0.413. The average Bonchev–Trinajstić information content (AvgIpc) is 2.04. The Balaban J connectivity index is 0. The van der Waals surface area contributed by atoms with Crippen molar-refractivity contribution in [3.05, 3.63) is 11.6 Å². The zero-order valence-corrected chi connectivity index (χ0v) is 8.94. The van der Waals surface area contributed by atoms with Crippen LogP contribution < -0.4 is 0 Å². The summed E-state index contributed by atoms with van der Waals surface area (Å²) < 4.78 is 0. The van der Waals surface area contributed by atoms with Crippen molar-refractivity contribution in [2.24, 2.45) is 0 Å². The second kappa shape index (κ2) is 9.70. The van der Waals surface area contributed by atoms with Gasteiger partial charge in [-0.05, 0) is 34.4 Å². The van der Waals surface area contributed by atoms with E-state index >= 15 is 0 Å². The van der Waals surface area contributed by atoms with Gasteiger partial charge >= 0.3 is 0 Å². The average molecular weight is 157 g/mol. The lowest BCUT2D eigenvalue weighted by atomic mass is 10.2. The third-order valence-corrected chi connectivity index (χ3v) is 1.45. The first kappa shape index (κ1) is 13.3. The SMILES string of the molecule is C/C=C(/C)CCN(C)C.CC. The van der Waals surface area contributed by atoms with Gasteiger partial charge in [-0.25, -0.2) is 0 Å². The molecule has 0 N–H and O–H groups in total. The predicted molar refractivity (Wildman–Crippen MR) is 54.0 cm³/mol. The Morgan fingerprint density at radius 2 is 1.73 bits per heavy atom. The lowest BCUT2D eigenvalue weighted by Gasteiger charge is -2.08. The fourth-order valence-corrected chi connectivity index (χ4v) is 0.544. The van der Waals surface area contributed by atoms with Gasteiger partial charge in [0, 0.05) is 6.54 Å². The van der Waals surface area contributed by atoms with Crippen LogP contribution in [0.1, 0.15) is 34.1 Å². The third kappa shape index (κ3) is 12.8. The van der Waals surface area contributed by atoms with Crippen LogP contribution in [0.25, 0.3) is 0 Å². The maximum atomic E-state index is 2.20. The van der Waals surface area contributed by atoms with E-state index < -0.39 is 0 Å². The maximum Gasteiger partial charge on any atom is 0.00124 e. The van der Waals surface area contributed by atoms with Crippen LogP contribution in [0.3, 0.4) is 0 Å². The van der Waals surface area contributed by atoms with Gasteiger partial charge in [0.15, 0.2) is 0 Å². The fraction of sp³-hybridized carbons (Fsp3) is 0.800. The highest BCUT2D eigenvalue weighted by Crippen LogP contribution is 1.98. The molecular weight excluding hydrogens is 134 g/mol. The Morgan fingerprint density at radius 1 is 1.27 bits per heavy atom. The van der Waals surface area contributed by atoms with Gasteiger partial charge in [0.1, 0.15) is 0 Å². The van der Waals surface area contributed by atoms with E-state index in [-0.39, 0.29) is 0 Å². The molecule has 0 saturated heterocycles. The normalized spacial score (nSPS) is 11.0. The van der Waals surface area contributed by atoms with Gasteiger partial charge in [0.25, 0.3) is 0 Å². The van der Waals surface area contributed by atoms with Crippen molar-refractivity contribution in [2.45, 2.75) is 34.1 Å². The quantitative estimate of drug-likeness (QED) is 0.569. The molecule has 0 heterocycles. The molecule has 11 heavy (non-hydrogen) atoms. The monoisotopic (exact) mass is 157 g/mol. The highest BCUT2D eigenvalue weighted by molar-refractivity contribution is 4.95. The molecule has 0 atom stereocenters. The molecule has 0 aromatic heterocycles. The molecule has 0 bridgehead atoms. The molecule has 0 aromatic rings. The van der Waals surface area contributed by atoms with Gasteiger partial charge in [0.05, 0.1) is 0 Å². The minimum Gasteiger partial charge on any atom is -0.309 e. The molecule has 68 valence electrons. The van der Waals surface area contributed by atoms with Crippen LogP contribution >= 0.6 is 0 Å². The molecule has 1 heteroatoms. The molecule has 0 fully saturated rings. The summed E-state index contributed by atoms with van der Waals surface area (Å²) in [5, 5.41) is 0. The molecular formula is C10H23N. The van der Waals surface area contributed by atoms with Crippen molar-refractivity contribution in [3.63, 3.8) is 0 Å². The van der Waals surface area contributed by atoms with Crippen LogP contribution in [0.5, 0.6) is 0 Å². The number of nitrogens with zero attached hydrogens (tertiary/aromatic N) is 1. The van der Waals surface area contributed by atoms with E-state index in [4.69, 9.17) is 0 Å². The maximum absolute atomic E-state index is 2.20. The van der Waals surface area contributed by atoms with Crippen molar-refractivity contribution >= 4 is 0 Å². The highest BCUT2D eigenvalue weighted by Gasteiger charge is 1.89.